The molecule has 0 saturated carbocycles. The van der Waals surface area contributed by atoms with E-state index < -0.39 is 0 Å². The number of hydrogen-bond acceptors (Lipinski definition) is 2. The third-order valence-corrected chi connectivity index (χ3v) is 5.36. The van der Waals surface area contributed by atoms with E-state index in [1.165, 1.54) is 38.4 Å². The van der Waals surface area contributed by atoms with E-state index in [0.29, 0.717) is 0 Å². The summed E-state index contributed by atoms with van der Waals surface area (Å²) in [7, 11) is 0. The zero-order valence-corrected chi connectivity index (χ0v) is 14.1. The fraction of sp³-hybridized carbons (Fsp3) is 0.182. The Bertz CT molecular complexity index is 1130. The van der Waals surface area contributed by atoms with Gasteiger partial charge in [0.25, 0.3) is 0 Å². The number of benzene rings is 2. The molecule has 0 saturated heterocycles. The standard InChI is InChI=1S/C22H18N2/c1-13-7-8-14-10-17-21(24-19(14)9-13)16-6-4-5-15-11-23-12-18(20(15)16)22(17,2)3/h4-12H,1-3H3. The van der Waals surface area contributed by atoms with Gasteiger partial charge in [0.1, 0.15) is 0 Å². The second-order valence-electron chi connectivity index (χ2n) is 7.30. The highest BCUT2D eigenvalue weighted by molar-refractivity contribution is 6.03. The molecule has 24 heavy (non-hydrogen) atoms. The number of hydrogen-bond donors (Lipinski definition) is 0. The van der Waals surface area contributed by atoms with Gasteiger partial charge in [-0.05, 0) is 41.1 Å². The van der Waals surface area contributed by atoms with E-state index in [-0.39, 0.29) is 5.41 Å². The monoisotopic (exact) mass is 310 g/mol. The molecule has 2 nitrogen and oxygen atoms in total. The van der Waals surface area contributed by atoms with Crippen molar-refractivity contribution in [1.82, 2.24) is 9.97 Å². The lowest BCUT2D eigenvalue weighted by Crippen LogP contribution is -2.24. The molecule has 0 unspecified atom stereocenters. The Balaban J connectivity index is 2.00. The van der Waals surface area contributed by atoms with Gasteiger partial charge in [0, 0.05) is 34.1 Å². The average Bonchev–Trinajstić information content (AvgIpc) is 2.58. The van der Waals surface area contributed by atoms with E-state index >= 15 is 0 Å². The molecule has 1 aliphatic carbocycles. The molecule has 2 aromatic carbocycles. The molecule has 2 heteroatoms. The third kappa shape index (κ3) is 1.66. The number of pyridine rings is 2. The van der Waals surface area contributed by atoms with Crippen molar-refractivity contribution >= 4 is 21.7 Å². The molecular weight excluding hydrogens is 292 g/mol. The summed E-state index contributed by atoms with van der Waals surface area (Å²) in [6.45, 7) is 6.67. The molecule has 116 valence electrons. The van der Waals surface area contributed by atoms with Crippen molar-refractivity contribution in [2.45, 2.75) is 26.2 Å². The molecule has 0 bridgehead atoms. The lowest BCUT2D eigenvalue weighted by atomic mass is 9.70. The van der Waals surface area contributed by atoms with Crippen LogP contribution in [-0.2, 0) is 5.41 Å². The van der Waals surface area contributed by atoms with E-state index in [0.717, 1.165) is 11.2 Å². The normalized spacial score (nSPS) is 14.8. The highest BCUT2D eigenvalue weighted by atomic mass is 14.7. The van der Waals surface area contributed by atoms with Crippen LogP contribution < -0.4 is 0 Å². The van der Waals surface area contributed by atoms with Gasteiger partial charge in [-0.3, -0.25) is 4.98 Å². The van der Waals surface area contributed by atoms with Crippen LogP contribution in [0, 0.1) is 6.92 Å². The maximum absolute atomic E-state index is 5.08. The van der Waals surface area contributed by atoms with Gasteiger partial charge >= 0.3 is 0 Å². The van der Waals surface area contributed by atoms with Crippen LogP contribution in [0.25, 0.3) is 32.9 Å². The first-order chi connectivity index (χ1) is 11.6. The predicted molar refractivity (Wildman–Crippen MR) is 99.3 cm³/mol. The zero-order chi connectivity index (χ0) is 16.5. The third-order valence-electron chi connectivity index (χ3n) is 5.36. The van der Waals surface area contributed by atoms with Gasteiger partial charge in [0.2, 0.25) is 0 Å². The van der Waals surface area contributed by atoms with Crippen molar-refractivity contribution in [1.29, 1.82) is 0 Å². The first-order valence-corrected chi connectivity index (χ1v) is 8.35. The van der Waals surface area contributed by atoms with Gasteiger partial charge in [0.05, 0.1) is 11.2 Å². The van der Waals surface area contributed by atoms with Crippen LogP contribution in [0.2, 0.25) is 0 Å². The highest BCUT2D eigenvalue weighted by Gasteiger charge is 2.34. The largest absolute Gasteiger partial charge is 0.264 e. The van der Waals surface area contributed by atoms with Crippen LogP contribution in [-0.4, -0.2) is 9.97 Å². The molecule has 0 aliphatic heterocycles. The Hall–Kier alpha value is -2.74. The number of aryl methyl sites for hydroxylation is 1. The summed E-state index contributed by atoms with van der Waals surface area (Å²) < 4.78 is 0. The van der Waals surface area contributed by atoms with Gasteiger partial charge < -0.3 is 0 Å². The van der Waals surface area contributed by atoms with Crippen molar-refractivity contribution < 1.29 is 0 Å². The summed E-state index contributed by atoms with van der Waals surface area (Å²) in [5.41, 5.74) is 7.11. The maximum atomic E-state index is 5.08. The van der Waals surface area contributed by atoms with E-state index in [2.05, 4.69) is 68.2 Å². The quantitative estimate of drug-likeness (QED) is 0.435. The Morgan fingerprint density at radius 3 is 2.62 bits per heavy atom. The van der Waals surface area contributed by atoms with Crippen LogP contribution in [0.4, 0.5) is 0 Å². The molecule has 0 N–H and O–H groups in total. The number of rotatable bonds is 0. The first-order valence-electron chi connectivity index (χ1n) is 8.35. The van der Waals surface area contributed by atoms with Crippen molar-refractivity contribution in [2.24, 2.45) is 0 Å². The topological polar surface area (TPSA) is 25.8 Å². The highest BCUT2D eigenvalue weighted by Crippen LogP contribution is 2.47. The lowest BCUT2D eigenvalue weighted by molar-refractivity contribution is 0.640. The number of fused-ring (bicyclic) bond motifs is 3. The Kier molecular flexibility index (Phi) is 2.52. The maximum Gasteiger partial charge on any atom is 0.0756 e. The van der Waals surface area contributed by atoms with Crippen molar-refractivity contribution in [3.8, 4) is 11.3 Å². The van der Waals surface area contributed by atoms with Crippen molar-refractivity contribution in [2.75, 3.05) is 0 Å². The van der Waals surface area contributed by atoms with Crippen LogP contribution >= 0.6 is 0 Å². The van der Waals surface area contributed by atoms with Crippen LogP contribution in [0.3, 0.4) is 0 Å². The lowest BCUT2D eigenvalue weighted by Gasteiger charge is -2.34. The molecule has 4 aromatic rings. The summed E-state index contributed by atoms with van der Waals surface area (Å²) >= 11 is 0. The van der Waals surface area contributed by atoms with E-state index in [1.54, 1.807) is 0 Å². The molecule has 0 amide bonds. The minimum atomic E-state index is -0.109. The fourth-order valence-electron chi connectivity index (χ4n) is 4.01. The molecule has 0 spiro atoms. The minimum Gasteiger partial charge on any atom is -0.264 e. The number of nitrogens with zero attached hydrogens (tertiary/aromatic N) is 2. The second kappa shape index (κ2) is 4.41. The van der Waals surface area contributed by atoms with Crippen LogP contribution in [0.1, 0.15) is 30.5 Å². The summed E-state index contributed by atoms with van der Waals surface area (Å²) in [6, 6.07) is 15.2. The fourth-order valence-corrected chi connectivity index (χ4v) is 4.01. The zero-order valence-electron chi connectivity index (χ0n) is 14.1. The summed E-state index contributed by atoms with van der Waals surface area (Å²) in [5.74, 6) is 0. The Morgan fingerprint density at radius 2 is 1.75 bits per heavy atom. The molecule has 2 heterocycles. The van der Waals surface area contributed by atoms with Gasteiger partial charge in [0.15, 0.2) is 0 Å². The average molecular weight is 310 g/mol. The molecule has 0 fully saturated rings. The smallest absolute Gasteiger partial charge is 0.0756 e. The molecule has 0 radical (unpaired) electrons. The van der Waals surface area contributed by atoms with E-state index in [4.69, 9.17) is 4.98 Å². The summed E-state index contributed by atoms with van der Waals surface area (Å²) in [5, 5.41) is 3.69. The molecule has 2 aromatic heterocycles. The van der Waals surface area contributed by atoms with Gasteiger partial charge in [-0.25, -0.2) is 4.98 Å². The van der Waals surface area contributed by atoms with Crippen molar-refractivity contribution in [3.63, 3.8) is 0 Å². The van der Waals surface area contributed by atoms with Gasteiger partial charge in [-0.1, -0.05) is 44.2 Å². The molecular formula is C22H18N2. The van der Waals surface area contributed by atoms with Gasteiger partial charge in [-0.2, -0.15) is 0 Å². The van der Waals surface area contributed by atoms with Crippen molar-refractivity contribution in [3.05, 3.63) is 71.5 Å². The van der Waals surface area contributed by atoms with Crippen LogP contribution in [0.15, 0.2) is 54.9 Å². The SMILES string of the molecule is Cc1ccc2cc3c(nc2c1)-c1cccc2cncc(c12)C3(C)C. The molecule has 1 aliphatic rings. The predicted octanol–water partition coefficient (Wildman–Crippen LogP) is 5.40. The summed E-state index contributed by atoms with van der Waals surface area (Å²) in [6.07, 6.45) is 3.97. The Labute approximate surface area is 141 Å². The number of aromatic nitrogens is 2. The first kappa shape index (κ1) is 13.7. The molecule has 5 rings (SSSR count). The van der Waals surface area contributed by atoms with E-state index in [1.807, 2.05) is 12.4 Å². The Morgan fingerprint density at radius 1 is 0.875 bits per heavy atom. The van der Waals surface area contributed by atoms with Crippen LogP contribution in [0.5, 0.6) is 0 Å². The summed E-state index contributed by atoms with van der Waals surface area (Å²) in [4.78, 5) is 9.56. The van der Waals surface area contributed by atoms with E-state index in [9.17, 15) is 0 Å². The molecule has 0 atom stereocenters. The van der Waals surface area contributed by atoms with Gasteiger partial charge in [-0.15, -0.1) is 0 Å². The second-order valence-corrected chi connectivity index (χ2v) is 7.30. The minimum absolute atomic E-state index is 0.109.